The van der Waals surface area contributed by atoms with Gasteiger partial charge in [0.05, 0.1) is 0 Å². The van der Waals surface area contributed by atoms with Gasteiger partial charge in [0.1, 0.15) is 31.0 Å². The van der Waals surface area contributed by atoms with Gasteiger partial charge in [-0.15, -0.1) is 0 Å². The van der Waals surface area contributed by atoms with Crippen molar-refractivity contribution in [2.75, 3.05) is 6.61 Å². The molecule has 0 radical (unpaired) electrons. The molecule has 3 aliphatic heterocycles. The molecule has 7 heteroatoms. The van der Waals surface area contributed by atoms with Gasteiger partial charge in [0.15, 0.2) is 17.9 Å². The van der Waals surface area contributed by atoms with E-state index in [0.29, 0.717) is 6.42 Å². The van der Waals surface area contributed by atoms with E-state index >= 15 is 0 Å². The van der Waals surface area contributed by atoms with Gasteiger partial charge in [-0.1, -0.05) is 45.4 Å². The van der Waals surface area contributed by atoms with E-state index in [9.17, 15) is 4.79 Å². The molecule has 0 aromatic carbocycles. The molecule has 0 spiro atoms. The third-order valence-corrected chi connectivity index (χ3v) is 5.64. The molecule has 3 aliphatic rings. The first-order valence-electron chi connectivity index (χ1n) is 11.2. The number of hydrogen-bond acceptors (Lipinski definition) is 7. The molecule has 29 heavy (non-hydrogen) atoms. The average molecular weight is 415 g/mol. The van der Waals surface area contributed by atoms with Crippen molar-refractivity contribution in [2.45, 2.75) is 128 Å². The Morgan fingerprint density at radius 1 is 0.793 bits per heavy atom. The highest BCUT2D eigenvalue weighted by atomic mass is 16.9. The van der Waals surface area contributed by atoms with Gasteiger partial charge in [0, 0.05) is 6.42 Å². The summed E-state index contributed by atoms with van der Waals surface area (Å²) in [7, 11) is 0. The van der Waals surface area contributed by atoms with Crippen molar-refractivity contribution < 1.29 is 33.2 Å². The quantitative estimate of drug-likeness (QED) is 0.394. The van der Waals surface area contributed by atoms with Crippen LogP contribution in [0.15, 0.2) is 0 Å². The minimum absolute atomic E-state index is 0.128. The van der Waals surface area contributed by atoms with Crippen molar-refractivity contribution in [3.8, 4) is 0 Å². The molecular weight excluding hydrogens is 376 g/mol. The predicted molar refractivity (Wildman–Crippen MR) is 106 cm³/mol. The number of esters is 1. The Morgan fingerprint density at radius 2 is 1.38 bits per heavy atom. The minimum atomic E-state index is -0.751. The molecule has 0 aromatic heterocycles. The lowest BCUT2D eigenvalue weighted by molar-refractivity contribution is -0.242. The maximum absolute atomic E-state index is 12.2. The fourth-order valence-electron chi connectivity index (χ4n) is 4.30. The van der Waals surface area contributed by atoms with Crippen LogP contribution in [-0.4, -0.2) is 54.9 Å². The second kappa shape index (κ2) is 9.60. The van der Waals surface area contributed by atoms with Crippen LogP contribution < -0.4 is 0 Å². The number of unbranched alkanes of at least 4 members (excludes halogenated alkanes) is 6. The number of hydrogen-bond donors (Lipinski definition) is 0. The van der Waals surface area contributed by atoms with Crippen LogP contribution in [0.25, 0.3) is 0 Å². The fourth-order valence-corrected chi connectivity index (χ4v) is 4.30. The normalized spacial score (nSPS) is 34.6. The van der Waals surface area contributed by atoms with Crippen molar-refractivity contribution in [3.05, 3.63) is 0 Å². The SMILES string of the molecule is CCCCCCCCCC(=O)OC[C@H]1OC2OC(C)(C)O[C@@H]2[C@H]2OC(C)(C)O[C@H]21. The highest BCUT2D eigenvalue weighted by Gasteiger charge is 2.60. The summed E-state index contributed by atoms with van der Waals surface area (Å²) in [6.45, 7) is 9.77. The largest absolute Gasteiger partial charge is 0.463 e. The molecule has 0 saturated carbocycles. The Bertz CT molecular complexity index is 547. The Hall–Kier alpha value is -0.730. The monoisotopic (exact) mass is 414 g/mol. The van der Waals surface area contributed by atoms with Crippen LogP contribution in [0.4, 0.5) is 0 Å². The standard InChI is InChI=1S/C22H38O7/c1-6-7-8-9-10-11-12-13-16(23)24-14-15-17-18(27-21(2,3)26-17)19-20(25-15)29-22(4,5)28-19/h15,17-20H,6-14H2,1-5H3/t15-,17+,18+,19-,20?/m1/s1. The molecular formula is C22H38O7. The lowest BCUT2D eigenvalue weighted by Crippen LogP contribution is -2.56. The third-order valence-electron chi connectivity index (χ3n) is 5.64. The summed E-state index contributed by atoms with van der Waals surface area (Å²) >= 11 is 0. The number of carbonyl (C=O) groups is 1. The van der Waals surface area contributed by atoms with E-state index < -0.39 is 24.0 Å². The summed E-state index contributed by atoms with van der Waals surface area (Å²) in [4.78, 5) is 12.2. The second-order valence-corrected chi connectivity index (χ2v) is 9.26. The summed E-state index contributed by atoms with van der Waals surface area (Å²) in [6, 6.07) is 0. The smallest absolute Gasteiger partial charge is 0.305 e. The molecule has 5 atom stereocenters. The number of fused-ring (bicyclic) bond motifs is 3. The van der Waals surface area contributed by atoms with Crippen molar-refractivity contribution >= 4 is 5.97 Å². The van der Waals surface area contributed by atoms with Gasteiger partial charge in [0.25, 0.3) is 0 Å². The van der Waals surface area contributed by atoms with E-state index in [4.69, 9.17) is 28.4 Å². The number of rotatable bonds is 10. The zero-order valence-electron chi connectivity index (χ0n) is 18.6. The highest BCUT2D eigenvalue weighted by Crippen LogP contribution is 2.44. The molecule has 1 unspecified atom stereocenters. The molecule has 0 aromatic rings. The fraction of sp³-hybridized carbons (Fsp3) is 0.955. The highest BCUT2D eigenvalue weighted by molar-refractivity contribution is 5.69. The Balaban J connectivity index is 1.44. The molecule has 168 valence electrons. The first-order chi connectivity index (χ1) is 13.7. The van der Waals surface area contributed by atoms with Crippen LogP contribution in [-0.2, 0) is 33.2 Å². The summed E-state index contributed by atoms with van der Waals surface area (Å²) < 4.78 is 35.5. The predicted octanol–water partition coefficient (Wildman–Crippen LogP) is 4.07. The molecule has 0 amide bonds. The molecule has 0 bridgehead atoms. The van der Waals surface area contributed by atoms with Gasteiger partial charge in [-0.05, 0) is 34.1 Å². The van der Waals surface area contributed by atoms with E-state index in [1.807, 2.05) is 27.7 Å². The van der Waals surface area contributed by atoms with Gasteiger partial charge in [0.2, 0.25) is 0 Å². The van der Waals surface area contributed by atoms with E-state index in [1.165, 1.54) is 32.1 Å². The Morgan fingerprint density at radius 3 is 2.10 bits per heavy atom. The van der Waals surface area contributed by atoms with E-state index in [-0.39, 0.29) is 30.9 Å². The van der Waals surface area contributed by atoms with E-state index in [1.54, 1.807) is 0 Å². The molecule has 7 nitrogen and oxygen atoms in total. The van der Waals surface area contributed by atoms with Crippen LogP contribution in [0.5, 0.6) is 0 Å². The van der Waals surface area contributed by atoms with Crippen LogP contribution in [0.2, 0.25) is 0 Å². The Labute approximate surface area is 174 Å². The third kappa shape index (κ3) is 6.14. The summed E-state index contributed by atoms with van der Waals surface area (Å²) in [6.07, 6.45) is 6.57. The molecule has 3 saturated heterocycles. The zero-order valence-corrected chi connectivity index (χ0v) is 18.6. The van der Waals surface area contributed by atoms with Crippen LogP contribution in [0.1, 0.15) is 86.0 Å². The Kier molecular flexibility index (Phi) is 7.60. The van der Waals surface area contributed by atoms with Gasteiger partial charge < -0.3 is 28.4 Å². The van der Waals surface area contributed by atoms with Gasteiger partial charge in [-0.25, -0.2) is 0 Å². The van der Waals surface area contributed by atoms with Crippen LogP contribution in [0, 0.1) is 0 Å². The first kappa shape index (κ1) is 22.9. The summed E-state index contributed by atoms with van der Waals surface area (Å²) in [5.74, 6) is -1.69. The summed E-state index contributed by atoms with van der Waals surface area (Å²) in [5, 5.41) is 0. The van der Waals surface area contributed by atoms with Crippen molar-refractivity contribution in [1.29, 1.82) is 0 Å². The van der Waals surface area contributed by atoms with Crippen LogP contribution in [0.3, 0.4) is 0 Å². The minimum Gasteiger partial charge on any atom is -0.463 e. The first-order valence-corrected chi connectivity index (χ1v) is 11.2. The molecule has 3 heterocycles. The van der Waals surface area contributed by atoms with Crippen molar-refractivity contribution in [2.24, 2.45) is 0 Å². The number of ether oxygens (including phenoxy) is 6. The van der Waals surface area contributed by atoms with Crippen molar-refractivity contribution in [1.82, 2.24) is 0 Å². The zero-order chi connectivity index (χ0) is 21.1. The lowest BCUT2D eigenvalue weighted by Gasteiger charge is -2.36. The topological polar surface area (TPSA) is 72.5 Å². The van der Waals surface area contributed by atoms with Crippen molar-refractivity contribution in [3.63, 3.8) is 0 Å². The maximum atomic E-state index is 12.2. The van der Waals surface area contributed by atoms with Gasteiger partial charge in [-0.2, -0.15) is 0 Å². The molecule has 3 fully saturated rings. The second-order valence-electron chi connectivity index (χ2n) is 9.26. The van der Waals surface area contributed by atoms with E-state index in [0.717, 1.165) is 12.8 Å². The average Bonchev–Trinajstić information content (AvgIpc) is 3.13. The molecule has 0 N–H and O–H groups in total. The van der Waals surface area contributed by atoms with Gasteiger partial charge >= 0.3 is 5.97 Å². The molecule has 3 rings (SSSR count). The number of carbonyl (C=O) groups excluding carboxylic acids is 1. The summed E-state index contributed by atoms with van der Waals surface area (Å²) in [5.41, 5.74) is 0. The van der Waals surface area contributed by atoms with E-state index in [2.05, 4.69) is 6.92 Å². The lowest BCUT2D eigenvalue weighted by atomic mass is 9.99. The van der Waals surface area contributed by atoms with Gasteiger partial charge in [-0.3, -0.25) is 4.79 Å². The van der Waals surface area contributed by atoms with Crippen LogP contribution >= 0.6 is 0 Å². The maximum Gasteiger partial charge on any atom is 0.305 e. The molecule has 0 aliphatic carbocycles.